The van der Waals surface area contributed by atoms with Gasteiger partial charge in [0.15, 0.2) is 11.6 Å². The van der Waals surface area contributed by atoms with E-state index in [4.69, 9.17) is 10.5 Å². The van der Waals surface area contributed by atoms with Crippen molar-refractivity contribution < 1.29 is 13.9 Å². The van der Waals surface area contributed by atoms with E-state index in [0.29, 0.717) is 11.3 Å². The predicted octanol–water partition coefficient (Wildman–Crippen LogP) is 1.78. The van der Waals surface area contributed by atoms with Crippen LogP contribution in [0.25, 0.3) is 11.3 Å². The topological polar surface area (TPSA) is 90.1 Å². The molecule has 1 heterocycles. The Labute approximate surface area is 108 Å². The fourth-order valence-electron chi connectivity index (χ4n) is 1.53. The number of carbonyl (C=O) groups is 1. The molecule has 0 saturated carbocycles. The van der Waals surface area contributed by atoms with Crippen LogP contribution in [0.3, 0.4) is 0 Å². The lowest BCUT2D eigenvalue weighted by molar-refractivity contribution is 0.259. The SMILES string of the molecule is COc1cc(-c2cc(NC(N)=O)ncn2)ccc1F. The maximum atomic E-state index is 13.3. The summed E-state index contributed by atoms with van der Waals surface area (Å²) in [6, 6.07) is 5.14. The summed E-state index contributed by atoms with van der Waals surface area (Å²) in [6.45, 7) is 0. The van der Waals surface area contributed by atoms with Gasteiger partial charge in [0.05, 0.1) is 12.8 Å². The molecule has 0 aliphatic heterocycles. The number of hydrogen-bond acceptors (Lipinski definition) is 4. The fraction of sp³-hybridized carbons (Fsp3) is 0.0833. The number of anilines is 1. The summed E-state index contributed by atoms with van der Waals surface area (Å²) in [5.74, 6) is -0.0860. The summed E-state index contributed by atoms with van der Waals surface area (Å²) in [7, 11) is 1.38. The Hall–Kier alpha value is -2.70. The third-order valence-corrected chi connectivity index (χ3v) is 2.37. The summed E-state index contributed by atoms with van der Waals surface area (Å²) in [5, 5.41) is 2.34. The van der Waals surface area contributed by atoms with E-state index < -0.39 is 11.8 Å². The predicted molar refractivity (Wildman–Crippen MR) is 67.2 cm³/mol. The smallest absolute Gasteiger partial charge is 0.317 e. The number of nitrogens with one attached hydrogen (secondary N) is 1. The third-order valence-electron chi connectivity index (χ3n) is 2.37. The van der Waals surface area contributed by atoms with Crippen molar-refractivity contribution in [2.24, 2.45) is 5.73 Å². The highest BCUT2D eigenvalue weighted by Crippen LogP contribution is 2.25. The number of halogens is 1. The van der Waals surface area contributed by atoms with Gasteiger partial charge in [-0.3, -0.25) is 5.32 Å². The molecule has 3 N–H and O–H groups in total. The minimum atomic E-state index is -0.721. The van der Waals surface area contributed by atoms with Crippen LogP contribution >= 0.6 is 0 Å². The van der Waals surface area contributed by atoms with Gasteiger partial charge in [-0.2, -0.15) is 0 Å². The van der Waals surface area contributed by atoms with Crippen molar-refractivity contribution in [3.8, 4) is 17.0 Å². The van der Waals surface area contributed by atoms with Gasteiger partial charge in [-0.25, -0.2) is 19.2 Å². The van der Waals surface area contributed by atoms with Gasteiger partial charge in [-0.1, -0.05) is 0 Å². The molecule has 0 saturated heterocycles. The molecule has 6 nitrogen and oxygen atoms in total. The van der Waals surface area contributed by atoms with Crippen LogP contribution in [-0.2, 0) is 0 Å². The van der Waals surface area contributed by atoms with E-state index in [0.717, 1.165) is 0 Å². The summed E-state index contributed by atoms with van der Waals surface area (Å²) in [4.78, 5) is 18.6. The molecule has 2 rings (SSSR count). The van der Waals surface area contributed by atoms with Gasteiger partial charge in [0.2, 0.25) is 0 Å². The van der Waals surface area contributed by atoms with Gasteiger partial charge < -0.3 is 10.5 Å². The normalized spacial score (nSPS) is 10.0. The van der Waals surface area contributed by atoms with Crippen molar-refractivity contribution >= 4 is 11.8 Å². The van der Waals surface area contributed by atoms with Gasteiger partial charge in [0.1, 0.15) is 12.1 Å². The summed E-state index contributed by atoms with van der Waals surface area (Å²) >= 11 is 0. The van der Waals surface area contributed by atoms with Gasteiger partial charge in [-0.15, -0.1) is 0 Å². The van der Waals surface area contributed by atoms with E-state index >= 15 is 0 Å². The highest BCUT2D eigenvalue weighted by atomic mass is 19.1. The van der Waals surface area contributed by atoms with Gasteiger partial charge in [0.25, 0.3) is 0 Å². The van der Waals surface area contributed by atoms with Crippen molar-refractivity contribution in [1.82, 2.24) is 9.97 Å². The molecule has 1 aromatic carbocycles. The second-order valence-electron chi connectivity index (χ2n) is 3.63. The fourth-order valence-corrected chi connectivity index (χ4v) is 1.53. The average Bonchev–Trinajstić information content (AvgIpc) is 2.39. The van der Waals surface area contributed by atoms with Crippen LogP contribution in [0.1, 0.15) is 0 Å². The molecular formula is C12H11FN4O2. The average molecular weight is 262 g/mol. The van der Waals surface area contributed by atoms with Crippen LogP contribution in [0.15, 0.2) is 30.6 Å². The molecule has 19 heavy (non-hydrogen) atoms. The number of nitrogens with zero attached hydrogens (tertiary/aromatic N) is 2. The molecule has 0 radical (unpaired) electrons. The Morgan fingerprint density at radius 2 is 2.16 bits per heavy atom. The molecule has 7 heteroatoms. The zero-order valence-electron chi connectivity index (χ0n) is 10.1. The largest absolute Gasteiger partial charge is 0.494 e. The number of methoxy groups -OCH3 is 1. The van der Waals surface area contributed by atoms with E-state index in [1.54, 1.807) is 6.07 Å². The lowest BCUT2D eigenvalue weighted by atomic mass is 10.1. The van der Waals surface area contributed by atoms with Gasteiger partial charge in [0, 0.05) is 11.6 Å². The number of rotatable bonds is 3. The summed E-state index contributed by atoms with van der Waals surface area (Å²) < 4.78 is 18.2. The highest BCUT2D eigenvalue weighted by molar-refractivity contribution is 5.87. The molecule has 98 valence electrons. The van der Waals surface area contributed by atoms with Crippen molar-refractivity contribution in [3.05, 3.63) is 36.4 Å². The maximum absolute atomic E-state index is 13.3. The number of ether oxygens (including phenoxy) is 1. The first-order chi connectivity index (χ1) is 9.10. The van der Waals surface area contributed by atoms with Crippen LogP contribution in [0.2, 0.25) is 0 Å². The van der Waals surface area contributed by atoms with Gasteiger partial charge >= 0.3 is 6.03 Å². The Morgan fingerprint density at radius 3 is 2.84 bits per heavy atom. The maximum Gasteiger partial charge on any atom is 0.317 e. The molecule has 0 fully saturated rings. The molecule has 1 aromatic heterocycles. The molecule has 2 aromatic rings. The first kappa shape index (κ1) is 12.7. The van der Waals surface area contributed by atoms with Crippen LogP contribution < -0.4 is 15.8 Å². The molecule has 0 aliphatic carbocycles. The van der Waals surface area contributed by atoms with Crippen molar-refractivity contribution in [2.75, 3.05) is 12.4 Å². The number of urea groups is 1. The van der Waals surface area contributed by atoms with Crippen molar-refractivity contribution in [2.45, 2.75) is 0 Å². The number of benzene rings is 1. The number of carbonyl (C=O) groups excluding carboxylic acids is 1. The molecule has 0 bridgehead atoms. The van der Waals surface area contributed by atoms with Crippen LogP contribution in [0.5, 0.6) is 5.75 Å². The van der Waals surface area contributed by atoms with Gasteiger partial charge in [-0.05, 0) is 18.2 Å². The Morgan fingerprint density at radius 1 is 1.37 bits per heavy atom. The molecule has 0 spiro atoms. The van der Waals surface area contributed by atoms with Crippen molar-refractivity contribution in [3.63, 3.8) is 0 Å². The standard InChI is InChI=1S/C12H11FN4O2/c1-19-10-4-7(2-3-8(10)13)9-5-11(16-6-15-9)17-12(14)18/h2-6H,1H3,(H3,14,15,16,17,18). The van der Waals surface area contributed by atoms with E-state index in [2.05, 4.69) is 15.3 Å². The lowest BCUT2D eigenvalue weighted by Gasteiger charge is -2.06. The zero-order chi connectivity index (χ0) is 13.8. The van der Waals surface area contributed by atoms with E-state index in [1.165, 1.54) is 31.6 Å². The summed E-state index contributed by atoms with van der Waals surface area (Å²) in [6.07, 6.45) is 1.27. The Balaban J connectivity index is 2.38. The number of aromatic nitrogens is 2. The second kappa shape index (κ2) is 5.30. The van der Waals surface area contributed by atoms with E-state index in [1.807, 2.05) is 0 Å². The van der Waals surface area contributed by atoms with Crippen LogP contribution in [0.4, 0.5) is 15.0 Å². The van der Waals surface area contributed by atoms with Crippen LogP contribution in [-0.4, -0.2) is 23.1 Å². The van der Waals surface area contributed by atoms with Crippen molar-refractivity contribution in [1.29, 1.82) is 0 Å². The van der Waals surface area contributed by atoms with Crippen LogP contribution in [0, 0.1) is 5.82 Å². The lowest BCUT2D eigenvalue weighted by Crippen LogP contribution is -2.20. The minimum Gasteiger partial charge on any atom is -0.494 e. The second-order valence-corrected chi connectivity index (χ2v) is 3.63. The Bertz CT molecular complexity index is 618. The van der Waals surface area contributed by atoms with E-state index in [9.17, 15) is 9.18 Å². The third kappa shape index (κ3) is 2.95. The summed E-state index contributed by atoms with van der Waals surface area (Å²) in [5.41, 5.74) is 6.14. The molecule has 2 amide bonds. The number of nitrogens with two attached hydrogens (primary N) is 1. The number of amides is 2. The number of primary amides is 1. The molecule has 0 aliphatic rings. The number of hydrogen-bond donors (Lipinski definition) is 2. The molecule has 0 atom stereocenters. The van der Waals surface area contributed by atoms with E-state index in [-0.39, 0.29) is 11.6 Å². The highest BCUT2D eigenvalue weighted by Gasteiger charge is 2.08. The first-order valence-electron chi connectivity index (χ1n) is 5.32. The first-order valence-corrected chi connectivity index (χ1v) is 5.32. The molecular weight excluding hydrogens is 251 g/mol. The monoisotopic (exact) mass is 262 g/mol. The quantitative estimate of drug-likeness (QED) is 0.882. The Kier molecular flexibility index (Phi) is 3.56. The zero-order valence-corrected chi connectivity index (χ0v) is 10.1. The minimum absolute atomic E-state index is 0.112. The molecule has 0 unspecified atom stereocenters.